The van der Waals surface area contributed by atoms with E-state index >= 15 is 0 Å². The van der Waals surface area contributed by atoms with Gasteiger partial charge in [0, 0.05) is 11.8 Å². The largest absolute Gasteiger partial charge is 0.299 e. The van der Waals surface area contributed by atoms with Gasteiger partial charge < -0.3 is 0 Å². The van der Waals surface area contributed by atoms with E-state index < -0.39 is 0 Å². The molecule has 1 saturated carbocycles. The van der Waals surface area contributed by atoms with Crippen molar-refractivity contribution in [3.8, 4) is 0 Å². The summed E-state index contributed by atoms with van der Waals surface area (Å²) >= 11 is 0. The van der Waals surface area contributed by atoms with Crippen molar-refractivity contribution in [1.29, 1.82) is 0 Å². The molecule has 0 aromatic heterocycles. The van der Waals surface area contributed by atoms with Gasteiger partial charge in [-0.25, -0.2) is 0 Å². The van der Waals surface area contributed by atoms with Gasteiger partial charge in [0.1, 0.15) is 5.78 Å². The molecule has 1 atom stereocenters. The number of allylic oxidation sites excluding steroid dienone is 5. The van der Waals surface area contributed by atoms with Crippen molar-refractivity contribution in [2.24, 2.45) is 11.8 Å². The van der Waals surface area contributed by atoms with Gasteiger partial charge in [-0.3, -0.25) is 4.79 Å². The van der Waals surface area contributed by atoms with Crippen molar-refractivity contribution in [2.75, 3.05) is 0 Å². The molecule has 1 unspecified atom stereocenters. The van der Waals surface area contributed by atoms with Crippen LogP contribution in [0.5, 0.6) is 0 Å². The average molecular weight is 262 g/mol. The van der Waals surface area contributed by atoms with Crippen LogP contribution in [-0.2, 0) is 4.79 Å². The van der Waals surface area contributed by atoms with E-state index in [4.69, 9.17) is 0 Å². The molecular weight excluding hydrogens is 232 g/mol. The lowest BCUT2D eigenvalue weighted by atomic mass is 9.88. The summed E-state index contributed by atoms with van der Waals surface area (Å²) in [4.78, 5) is 12.2. The standard InChI is InChI=1S/C16H24O.C2H6/c1-4-6-9-14(5-2)12-13(3)16(17)15-10-7-8-11-15;1-2/h4-6,9,13,15H,1,7-8,10-12H2,2-3H3;1-2H3/b9-6-,14-5+;. The van der Waals surface area contributed by atoms with Crippen LogP contribution >= 0.6 is 0 Å². The number of carbonyl (C=O) groups is 1. The van der Waals surface area contributed by atoms with Crippen molar-refractivity contribution < 1.29 is 4.79 Å². The maximum absolute atomic E-state index is 12.2. The number of carbonyl (C=O) groups excluding carboxylic acids is 1. The van der Waals surface area contributed by atoms with Gasteiger partial charge in [0.2, 0.25) is 0 Å². The SMILES string of the molecule is C=C/C=C\C(=C/C)CC(C)C(=O)C1CCCC1.CC. The molecule has 0 aliphatic heterocycles. The van der Waals surface area contributed by atoms with Crippen LogP contribution in [0.15, 0.2) is 36.5 Å². The Morgan fingerprint density at radius 3 is 2.37 bits per heavy atom. The molecule has 108 valence electrons. The van der Waals surface area contributed by atoms with E-state index in [1.807, 2.05) is 32.9 Å². The third-order valence-corrected chi connectivity index (χ3v) is 3.60. The van der Waals surface area contributed by atoms with Gasteiger partial charge >= 0.3 is 0 Å². The molecule has 0 heterocycles. The number of hydrogen-bond acceptors (Lipinski definition) is 1. The predicted octanol–water partition coefficient (Wildman–Crippen LogP) is 5.49. The molecular formula is C18H30O. The van der Waals surface area contributed by atoms with Crippen molar-refractivity contribution in [3.63, 3.8) is 0 Å². The fourth-order valence-corrected chi connectivity index (χ4v) is 2.54. The normalized spacial score (nSPS) is 18.0. The number of rotatable bonds is 6. The highest BCUT2D eigenvalue weighted by atomic mass is 16.1. The Bertz CT molecular complexity index is 317. The quantitative estimate of drug-likeness (QED) is 0.579. The molecule has 0 spiro atoms. The average Bonchev–Trinajstić information content (AvgIpc) is 2.98. The molecule has 1 aliphatic rings. The molecule has 1 aliphatic carbocycles. The highest BCUT2D eigenvalue weighted by Gasteiger charge is 2.26. The summed E-state index contributed by atoms with van der Waals surface area (Å²) in [5.74, 6) is 0.958. The Hall–Kier alpha value is -1.11. The highest BCUT2D eigenvalue weighted by molar-refractivity contribution is 5.83. The molecule has 19 heavy (non-hydrogen) atoms. The van der Waals surface area contributed by atoms with Crippen LogP contribution in [0.3, 0.4) is 0 Å². The van der Waals surface area contributed by atoms with E-state index in [0.717, 1.165) is 19.3 Å². The molecule has 0 bridgehead atoms. The third kappa shape index (κ3) is 6.56. The summed E-state index contributed by atoms with van der Waals surface area (Å²) in [5.41, 5.74) is 1.23. The molecule has 1 nitrogen and oxygen atoms in total. The minimum atomic E-state index is 0.152. The maximum Gasteiger partial charge on any atom is 0.139 e. The topological polar surface area (TPSA) is 17.1 Å². The Morgan fingerprint density at radius 2 is 1.89 bits per heavy atom. The summed E-state index contributed by atoms with van der Waals surface area (Å²) in [6.07, 6.45) is 13.4. The van der Waals surface area contributed by atoms with Crippen molar-refractivity contribution in [3.05, 3.63) is 36.5 Å². The Morgan fingerprint density at radius 1 is 1.32 bits per heavy atom. The zero-order valence-corrected chi connectivity index (χ0v) is 13.1. The van der Waals surface area contributed by atoms with E-state index in [9.17, 15) is 4.79 Å². The summed E-state index contributed by atoms with van der Waals surface area (Å²) in [7, 11) is 0. The van der Waals surface area contributed by atoms with Crippen LogP contribution in [0.2, 0.25) is 0 Å². The lowest BCUT2D eigenvalue weighted by Crippen LogP contribution is -2.19. The Balaban J connectivity index is 0.00000154. The number of hydrogen-bond donors (Lipinski definition) is 0. The van der Waals surface area contributed by atoms with Crippen molar-refractivity contribution in [1.82, 2.24) is 0 Å². The van der Waals surface area contributed by atoms with E-state index in [1.165, 1.54) is 18.4 Å². The fraction of sp³-hybridized carbons (Fsp3) is 0.611. The summed E-state index contributed by atoms with van der Waals surface area (Å²) < 4.78 is 0. The van der Waals surface area contributed by atoms with Crippen LogP contribution in [0.1, 0.15) is 59.8 Å². The van der Waals surface area contributed by atoms with Crippen LogP contribution in [-0.4, -0.2) is 5.78 Å². The van der Waals surface area contributed by atoms with Gasteiger partial charge in [-0.1, -0.05) is 70.1 Å². The second-order valence-electron chi connectivity index (χ2n) is 4.95. The molecule has 0 radical (unpaired) electrons. The molecule has 1 heteroatoms. The lowest BCUT2D eigenvalue weighted by Gasteiger charge is -2.15. The first kappa shape index (κ1) is 17.9. The van der Waals surface area contributed by atoms with Crippen molar-refractivity contribution >= 4 is 5.78 Å². The molecule has 1 rings (SSSR count). The van der Waals surface area contributed by atoms with Crippen LogP contribution < -0.4 is 0 Å². The van der Waals surface area contributed by atoms with Crippen LogP contribution in [0, 0.1) is 11.8 Å². The monoisotopic (exact) mass is 262 g/mol. The van der Waals surface area contributed by atoms with Crippen LogP contribution in [0.4, 0.5) is 0 Å². The summed E-state index contributed by atoms with van der Waals surface area (Å²) in [6.45, 7) is 11.7. The first-order valence-electron chi connectivity index (χ1n) is 7.67. The van der Waals surface area contributed by atoms with E-state index in [-0.39, 0.29) is 5.92 Å². The minimum absolute atomic E-state index is 0.152. The van der Waals surface area contributed by atoms with Gasteiger partial charge in [0.15, 0.2) is 0 Å². The zero-order valence-electron chi connectivity index (χ0n) is 13.1. The molecule has 0 saturated heterocycles. The third-order valence-electron chi connectivity index (χ3n) is 3.60. The highest BCUT2D eigenvalue weighted by Crippen LogP contribution is 2.29. The van der Waals surface area contributed by atoms with Gasteiger partial charge in [-0.2, -0.15) is 0 Å². The van der Waals surface area contributed by atoms with Crippen LogP contribution in [0.25, 0.3) is 0 Å². The van der Waals surface area contributed by atoms with E-state index in [0.29, 0.717) is 11.7 Å². The zero-order chi connectivity index (χ0) is 14.7. The lowest BCUT2D eigenvalue weighted by molar-refractivity contribution is -0.126. The second kappa shape index (κ2) is 10.8. The molecule has 0 aromatic carbocycles. The number of Topliss-reactive ketones (excluding diaryl/α,β-unsaturated/α-hetero) is 1. The molecule has 1 fully saturated rings. The smallest absolute Gasteiger partial charge is 0.139 e. The van der Waals surface area contributed by atoms with E-state index in [1.54, 1.807) is 6.08 Å². The summed E-state index contributed by atoms with van der Waals surface area (Å²) in [5, 5.41) is 0. The molecule has 0 amide bonds. The minimum Gasteiger partial charge on any atom is -0.299 e. The van der Waals surface area contributed by atoms with Gasteiger partial charge in [0.05, 0.1) is 0 Å². The van der Waals surface area contributed by atoms with E-state index in [2.05, 4.69) is 19.6 Å². The molecule has 0 N–H and O–H groups in total. The Labute approximate surface area is 119 Å². The van der Waals surface area contributed by atoms with Crippen molar-refractivity contribution in [2.45, 2.75) is 59.8 Å². The number of ketones is 1. The summed E-state index contributed by atoms with van der Waals surface area (Å²) in [6, 6.07) is 0. The second-order valence-corrected chi connectivity index (χ2v) is 4.95. The van der Waals surface area contributed by atoms with Gasteiger partial charge in [0.25, 0.3) is 0 Å². The van der Waals surface area contributed by atoms with Gasteiger partial charge in [-0.15, -0.1) is 0 Å². The fourth-order valence-electron chi connectivity index (χ4n) is 2.54. The first-order valence-corrected chi connectivity index (χ1v) is 7.67. The van der Waals surface area contributed by atoms with Gasteiger partial charge in [-0.05, 0) is 26.2 Å². The molecule has 0 aromatic rings. The predicted molar refractivity (Wildman–Crippen MR) is 85.2 cm³/mol. The Kier molecular flexibility index (Phi) is 10.1. The maximum atomic E-state index is 12.2. The first-order chi connectivity index (χ1) is 9.19.